The van der Waals surface area contributed by atoms with Gasteiger partial charge in [-0.2, -0.15) is 0 Å². The molecule has 0 saturated carbocycles. The van der Waals surface area contributed by atoms with Gasteiger partial charge >= 0.3 is 0 Å². The average molecular weight is 284 g/mol. The van der Waals surface area contributed by atoms with Crippen molar-refractivity contribution in [1.29, 1.82) is 0 Å². The molecule has 2 N–H and O–H groups in total. The van der Waals surface area contributed by atoms with Crippen molar-refractivity contribution in [3.63, 3.8) is 0 Å². The molecule has 1 aliphatic rings. The Morgan fingerprint density at radius 3 is 3.05 bits per heavy atom. The van der Waals surface area contributed by atoms with Crippen molar-refractivity contribution >= 4 is 23.2 Å². The number of aromatic nitrogens is 1. The van der Waals surface area contributed by atoms with Crippen LogP contribution in [0.1, 0.15) is 12.5 Å². The lowest BCUT2D eigenvalue weighted by Gasteiger charge is -2.17. The van der Waals surface area contributed by atoms with E-state index in [4.69, 9.17) is 16.3 Å². The summed E-state index contributed by atoms with van der Waals surface area (Å²) in [6.07, 6.45) is 1.56. The smallest absolute Gasteiger partial charge is 0.231 e. The van der Waals surface area contributed by atoms with Gasteiger partial charge < -0.3 is 15.4 Å². The van der Waals surface area contributed by atoms with Gasteiger partial charge in [-0.15, -0.1) is 0 Å². The van der Waals surface area contributed by atoms with Gasteiger partial charge in [0.2, 0.25) is 5.91 Å². The number of nitrogens with one attached hydrogen (secondary N) is 2. The van der Waals surface area contributed by atoms with Gasteiger partial charge in [-0.25, -0.2) is 4.98 Å². The molecule has 6 heteroatoms. The SMILES string of the molecule is CCNC1COCC1C(=O)Nc1cnc(Cl)c(C)c1. The average Bonchev–Trinajstić information content (AvgIpc) is 2.83. The van der Waals surface area contributed by atoms with E-state index in [0.29, 0.717) is 24.1 Å². The second-order valence-corrected chi connectivity index (χ2v) is 4.99. The van der Waals surface area contributed by atoms with Crippen molar-refractivity contribution < 1.29 is 9.53 Å². The summed E-state index contributed by atoms with van der Waals surface area (Å²) in [5.74, 6) is -0.220. The molecular formula is C13H18ClN3O2. The largest absolute Gasteiger partial charge is 0.379 e. The second-order valence-electron chi connectivity index (χ2n) is 4.63. The number of carbonyl (C=O) groups is 1. The van der Waals surface area contributed by atoms with Gasteiger partial charge in [-0.3, -0.25) is 4.79 Å². The minimum absolute atomic E-state index is 0.0491. The Morgan fingerprint density at radius 1 is 1.58 bits per heavy atom. The maximum atomic E-state index is 12.2. The Balaban J connectivity index is 2.02. The van der Waals surface area contributed by atoms with Crippen molar-refractivity contribution in [1.82, 2.24) is 10.3 Å². The van der Waals surface area contributed by atoms with Crippen molar-refractivity contribution in [2.45, 2.75) is 19.9 Å². The van der Waals surface area contributed by atoms with Crippen LogP contribution >= 0.6 is 11.6 Å². The number of halogens is 1. The first-order valence-electron chi connectivity index (χ1n) is 6.36. The lowest BCUT2D eigenvalue weighted by Crippen LogP contribution is -2.41. The molecule has 1 aliphatic heterocycles. The van der Waals surface area contributed by atoms with Crippen LogP contribution in [0.5, 0.6) is 0 Å². The van der Waals surface area contributed by atoms with Crippen LogP contribution in [-0.4, -0.2) is 36.7 Å². The molecule has 2 heterocycles. The molecule has 0 bridgehead atoms. The molecule has 2 atom stereocenters. The minimum atomic E-state index is -0.170. The number of likely N-dealkylation sites (N-methyl/N-ethyl adjacent to an activating group) is 1. The maximum absolute atomic E-state index is 12.2. The van der Waals surface area contributed by atoms with E-state index in [1.165, 1.54) is 0 Å². The lowest BCUT2D eigenvalue weighted by molar-refractivity contribution is -0.120. The zero-order chi connectivity index (χ0) is 13.8. The highest BCUT2D eigenvalue weighted by atomic mass is 35.5. The number of ether oxygens (including phenoxy) is 1. The Labute approximate surface area is 117 Å². The van der Waals surface area contributed by atoms with Gasteiger partial charge in [0, 0.05) is 6.04 Å². The van der Waals surface area contributed by atoms with E-state index in [2.05, 4.69) is 15.6 Å². The quantitative estimate of drug-likeness (QED) is 0.824. The first-order valence-corrected chi connectivity index (χ1v) is 6.73. The lowest BCUT2D eigenvalue weighted by atomic mass is 10.0. The number of nitrogens with zero attached hydrogens (tertiary/aromatic N) is 1. The Hall–Kier alpha value is -1.17. The Morgan fingerprint density at radius 2 is 2.37 bits per heavy atom. The van der Waals surface area contributed by atoms with Crippen LogP contribution in [-0.2, 0) is 9.53 Å². The van der Waals surface area contributed by atoms with Gasteiger partial charge in [0.1, 0.15) is 5.15 Å². The summed E-state index contributed by atoms with van der Waals surface area (Å²) in [4.78, 5) is 16.2. The van der Waals surface area contributed by atoms with Gasteiger partial charge in [-0.05, 0) is 25.1 Å². The number of aryl methyl sites for hydroxylation is 1. The fraction of sp³-hybridized carbons (Fsp3) is 0.538. The molecule has 1 aromatic rings. The molecule has 19 heavy (non-hydrogen) atoms. The summed E-state index contributed by atoms with van der Waals surface area (Å²) in [6, 6.07) is 1.89. The second kappa shape index (κ2) is 6.32. The van der Waals surface area contributed by atoms with E-state index in [0.717, 1.165) is 12.1 Å². The number of hydrogen-bond acceptors (Lipinski definition) is 4. The molecule has 1 aromatic heterocycles. The molecule has 1 saturated heterocycles. The standard InChI is InChI=1S/C13H18ClN3O2/c1-3-15-11-7-19-6-10(11)13(18)17-9-4-8(2)12(14)16-5-9/h4-5,10-11,15H,3,6-7H2,1-2H3,(H,17,18). The minimum Gasteiger partial charge on any atom is -0.379 e. The molecule has 0 aliphatic carbocycles. The predicted molar refractivity (Wildman–Crippen MR) is 74.4 cm³/mol. The third-order valence-corrected chi connectivity index (χ3v) is 3.56. The summed E-state index contributed by atoms with van der Waals surface area (Å²) in [7, 11) is 0. The maximum Gasteiger partial charge on any atom is 0.231 e. The van der Waals surface area contributed by atoms with Crippen LogP contribution in [0.4, 0.5) is 5.69 Å². The molecule has 104 valence electrons. The Bertz CT molecular complexity index is 467. The third-order valence-electron chi connectivity index (χ3n) is 3.17. The molecular weight excluding hydrogens is 266 g/mol. The zero-order valence-electron chi connectivity index (χ0n) is 11.1. The monoisotopic (exact) mass is 283 g/mol. The molecule has 1 fully saturated rings. The van der Waals surface area contributed by atoms with E-state index in [1.54, 1.807) is 6.20 Å². The number of rotatable bonds is 4. The summed E-state index contributed by atoms with van der Waals surface area (Å²) in [5, 5.41) is 6.57. The van der Waals surface area contributed by atoms with Crippen LogP contribution < -0.4 is 10.6 Å². The van der Waals surface area contributed by atoms with E-state index in [-0.39, 0.29) is 17.9 Å². The molecule has 0 aromatic carbocycles. The zero-order valence-corrected chi connectivity index (χ0v) is 11.8. The van der Waals surface area contributed by atoms with Gasteiger partial charge in [0.25, 0.3) is 0 Å². The number of hydrogen-bond donors (Lipinski definition) is 2. The highest BCUT2D eigenvalue weighted by Gasteiger charge is 2.33. The van der Waals surface area contributed by atoms with E-state index >= 15 is 0 Å². The third kappa shape index (κ3) is 3.43. The van der Waals surface area contributed by atoms with Crippen molar-refractivity contribution in [2.24, 2.45) is 5.92 Å². The molecule has 2 unspecified atom stereocenters. The summed E-state index contributed by atoms with van der Waals surface area (Å²) < 4.78 is 5.36. The fourth-order valence-electron chi connectivity index (χ4n) is 2.14. The molecule has 2 rings (SSSR count). The highest BCUT2D eigenvalue weighted by Crippen LogP contribution is 2.19. The normalized spacial score (nSPS) is 22.5. The fourth-order valence-corrected chi connectivity index (χ4v) is 2.24. The van der Waals surface area contributed by atoms with Crippen LogP contribution in [0.2, 0.25) is 5.15 Å². The van der Waals surface area contributed by atoms with Crippen LogP contribution in [0.25, 0.3) is 0 Å². The summed E-state index contributed by atoms with van der Waals surface area (Å²) in [6.45, 7) is 5.71. The molecule has 0 spiro atoms. The Kier molecular flexibility index (Phi) is 4.74. The van der Waals surface area contributed by atoms with Crippen molar-refractivity contribution in [3.8, 4) is 0 Å². The highest BCUT2D eigenvalue weighted by molar-refractivity contribution is 6.30. The van der Waals surface area contributed by atoms with Crippen LogP contribution in [0.15, 0.2) is 12.3 Å². The van der Waals surface area contributed by atoms with Gasteiger partial charge in [-0.1, -0.05) is 18.5 Å². The number of amides is 1. The van der Waals surface area contributed by atoms with Crippen molar-refractivity contribution in [3.05, 3.63) is 23.0 Å². The topological polar surface area (TPSA) is 63.2 Å². The van der Waals surface area contributed by atoms with E-state index < -0.39 is 0 Å². The van der Waals surface area contributed by atoms with E-state index in [1.807, 2.05) is 19.9 Å². The first kappa shape index (κ1) is 14.2. The molecule has 0 radical (unpaired) electrons. The predicted octanol–water partition coefficient (Wildman–Crippen LogP) is 1.61. The van der Waals surface area contributed by atoms with Gasteiger partial charge in [0.15, 0.2) is 0 Å². The summed E-state index contributed by atoms with van der Waals surface area (Å²) in [5.41, 5.74) is 1.50. The molecule has 5 nitrogen and oxygen atoms in total. The van der Waals surface area contributed by atoms with Crippen LogP contribution in [0.3, 0.4) is 0 Å². The first-order chi connectivity index (χ1) is 9.11. The summed E-state index contributed by atoms with van der Waals surface area (Å²) >= 11 is 5.85. The van der Waals surface area contributed by atoms with Gasteiger partial charge in [0.05, 0.1) is 31.0 Å². The number of anilines is 1. The van der Waals surface area contributed by atoms with E-state index in [9.17, 15) is 4.79 Å². The van der Waals surface area contributed by atoms with Crippen molar-refractivity contribution in [2.75, 3.05) is 25.1 Å². The van der Waals surface area contributed by atoms with Crippen LogP contribution in [0, 0.1) is 12.8 Å². The number of pyridine rings is 1. The molecule has 1 amide bonds. The number of carbonyl (C=O) groups excluding carboxylic acids is 1.